The summed E-state index contributed by atoms with van der Waals surface area (Å²) < 4.78 is 14.5. The van der Waals surface area contributed by atoms with Crippen molar-refractivity contribution in [2.24, 2.45) is 7.05 Å². The van der Waals surface area contributed by atoms with Crippen LogP contribution in [0.2, 0.25) is 0 Å². The fraction of sp³-hybridized carbons (Fsp3) is 0.294. The molecule has 1 aromatic carbocycles. The Hall–Kier alpha value is -2.91. The molecule has 1 heterocycles. The van der Waals surface area contributed by atoms with E-state index in [1.54, 1.807) is 31.3 Å². The SMILES string of the molecule is Cn1nnnc1C(/C=C/C(O)CC(O)CC(=O)O)=C/c1ccc(F)cc1. The molecule has 0 bridgehead atoms. The van der Waals surface area contributed by atoms with Crippen LogP contribution in [-0.4, -0.2) is 53.7 Å². The van der Waals surface area contributed by atoms with Crippen molar-refractivity contribution in [2.45, 2.75) is 25.0 Å². The second-order valence-electron chi connectivity index (χ2n) is 5.69. The molecule has 8 nitrogen and oxygen atoms in total. The highest BCUT2D eigenvalue weighted by molar-refractivity contribution is 5.84. The second-order valence-corrected chi connectivity index (χ2v) is 5.69. The van der Waals surface area contributed by atoms with E-state index in [4.69, 9.17) is 5.11 Å². The van der Waals surface area contributed by atoms with Crippen LogP contribution in [0, 0.1) is 5.82 Å². The lowest BCUT2D eigenvalue weighted by Gasteiger charge is -2.11. The van der Waals surface area contributed by atoms with Gasteiger partial charge in [0.15, 0.2) is 5.82 Å². The molecule has 2 atom stereocenters. The Balaban J connectivity index is 2.20. The molecule has 0 spiro atoms. The third-order valence-electron chi connectivity index (χ3n) is 3.49. The number of carbonyl (C=O) groups is 1. The molecule has 0 fully saturated rings. The van der Waals surface area contributed by atoms with Crippen LogP contribution >= 0.6 is 0 Å². The van der Waals surface area contributed by atoms with Gasteiger partial charge in [0.25, 0.3) is 0 Å². The fourth-order valence-corrected chi connectivity index (χ4v) is 2.26. The van der Waals surface area contributed by atoms with E-state index in [0.29, 0.717) is 17.0 Å². The first-order chi connectivity index (χ1) is 12.3. The number of carboxylic acid groups (broad SMARTS) is 1. The first-order valence-electron chi connectivity index (χ1n) is 7.81. The Morgan fingerprint density at radius 3 is 2.58 bits per heavy atom. The molecule has 3 N–H and O–H groups in total. The van der Waals surface area contributed by atoms with Gasteiger partial charge < -0.3 is 15.3 Å². The zero-order valence-corrected chi connectivity index (χ0v) is 14.0. The average Bonchev–Trinajstić information content (AvgIpc) is 2.98. The summed E-state index contributed by atoms with van der Waals surface area (Å²) in [5.41, 5.74) is 1.25. The monoisotopic (exact) mass is 362 g/mol. The molecule has 0 amide bonds. The van der Waals surface area contributed by atoms with Crippen molar-refractivity contribution in [3.8, 4) is 0 Å². The third kappa shape index (κ3) is 5.87. The molecule has 0 aliphatic rings. The van der Waals surface area contributed by atoms with Crippen LogP contribution in [0.5, 0.6) is 0 Å². The van der Waals surface area contributed by atoms with Crippen LogP contribution < -0.4 is 0 Å². The first-order valence-corrected chi connectivity index (χ1v) is 7.81. The van der Waals surface area contributed by atoms with Crippen LogP contribution in [0.15, 0.2) is 36.4 Å². The van der Waals surface area contributed by atoms with E-state index in [2.05, 4.69) is 15.5 Å². The van der Waals surface area contributed by atoms with Crippen molar-refractivity contribution in [1.29, 1.82) is 0 Å². The predicted molar refractivity (Wildman–Crippen MR) is 91.1 cm³/mol. The summed E-state index contributed by atoms with van der Waals surface area (Å²) in [6, 6.07) is 5.80. The smallest absolute Gasteiger partial charge is 0.305 e. The van der Waals surface area contributed by atoms with E-state index in [1.807, 2.05) is 0 Å². The summed E-state index contributed by atoms with van der Waals surface area (Å²) >= 11 is 0. The number of aryl methyl sites for hydroxylation is 1. The Morgan fingerprint density at radius 1 is 1.31 bits per heavy atom. The maximum absolute atomic E-state index is 13.1. The number of aliphatic carboxylic acids is 1. The Kier molecular flexibility index (Phi) is 6.70. The van der Waals surface area contributed by atoms with Crippen molar-refractivity contribution in [1.82, 2.24) is 20.2 Å². The van der Waals surface area contributed by atoms with Gasteiger partial charge in [0, 0.05) is 19.0 Å². The van der Waals surface area contributed by atoms with Crippen LogP contribution in [0.3, 0.4) is 0 Å². The molecule has 0 aliphatic heterocycles. The number of aromatic nitrogens is 4. The summed E-state index contributed by atoms with van der Waals surface area (Å²) in [5.74, 6) is -1.08. The van der Waals surface area contributed by atoms with Gasteiger partial charge in [0.2, 0.25) is 0 Å². The van der Waals surface area contributed by atoms with Gasteiger partial charge in [-0.15, -0.1) is 5.10 Å². The van der Waals surface area contributed by atoms with Gasteiger partial charge in [-0.1, -0.05) is 24.3 Å². The summed E-state index contributed by atoms with van der Waals surface area (Å²) in [6.45, 7) is 0. The molecular formula is C17H19FN4O4. The van der Waals surface area contributed by atoms with Crippen LogP contribution in [-0.2, 0) is 11.8 Å². The van der Waals surface area contributed by atoms with Gasteiger partial charge >= 0.3 is 5.97 Å². The van der Waals surface area contributed by atoms with E-state index in [0.717, 1.165) is 0 Å². The molecule has 2 rings (SSSR count). The molecule has 26 heavy (non-hydrogen) atoms. The number of carboxylic acids is 1. The van der Waals surface area contributed by atoms with E-state index in [9.17, 15) is 19.4 Å². The standard InChI is InChI=1S/C17H19FN4O4/c1-22-17(19-20-21-22)12(8-11-2-5-13(18)6-3-11)4-7-14(23)9-15(24)10-16(25)26/h2-8,14-15,23-24H,9-10H2,1H3,(H,25,26)/b7-4+,12-8+. The molecule has 0 saturated heterocycles. The van der Waals surface area contributed by atoms with Crippen molar-refractivity contribution >= 4 is 17.6 Å². The highest BCUT2D eigenvalue weighted by Crippen LogP contribution is 2.18. The minimum atomic E-state index is -1.16. The number of tetrazole rings is 1. The molecule has 1 aromatic heterocycles. The molecular weight excluding hydrogens is 343 g/mol. The molecule has 0 radical (unpaired) electrons. The molecule has 2 aromatic rings. The van der Waals surface area contributed by atoms with Crippen LogP contribution in [0.4, 0.5) is 4.39 Å². The number of halogens is 1. The van der Waals surface area contributed by atoms with E-state index < -0.39 is 24.6 Å². The predicted octanol–water partition coefficient (Wildman–Crippen LogP) is 1.03. The Morgan fingerprint density at radius 2 is 2.00 bits per heavy atom. The van der Waals surface area contributed by atoms with Gasteiger partial charge in [-0.3, -0.25) is 4.79 Å². The second kappa shape index (κ2) is 8.97. The zero-order valence-electron chi connectivity index (χ0n) is 14.0. The number of aliphatic hydroxyl groups is 2. The number of rotatable bonds is 8. The van der Waals surface area contributed by atoms with Gasteiger partial charge in [-0.25, -0.2) is 9.07 Å². The Bertz CT molecular complexity index is 801. The highest BCUT2D eigenvalue weighted by Gasteiger charge is 2.14. The number of allylic oxidation sites excluding steroid dienone is 2. The summed E-state index contributed by atoms with van der Waals surface area (Å²) in [4.78, 5) is 10.6. The zero-order chi connectivity index (χ0) is 19.1. The van der Waals surface area contributed by atoms with Crippen LogP contribution in [0.25, 0.3) is 11.6 Å². The average molecular weight is 362 g/mol. The van der Waals surface area contributed by atoms with Crippen molar-refractivity contribution in [2.75, 3.05) is 0 Å². The number of nitrogens with zero attached hydrogens (tertiary/aromatic N) is 4. The number of benzene rings is 1. The van der Waals surface area contributed by atoms with Crippen molar-refractivity contribution in [3.05, 3.63) is 53.6 Å². The van der Waals surface area contributed by atoms with Crippen molar-refractivity contribution < 1.29 is 24.5 Å². The topological polar surface area (TPSA) is 121 Å². The summed E-state index contributed by atoms with van der Waals surface area (Å²) in [7, 11) is 1.65. The number of hydrogen-bond donors (Lipinski definition) is 3. The normalized spacial score (nSPS) is 14.5. The summed E-state index contributed by atoms with van der Waals surface area (Å²) in [5, 5.41) is 39.4. The molecule has 0 saturated carbocycles. The van der Waals surface area contributed by atoms with Crippen molar-refractivity contribution in [3.63, 3.8) is 0 Å². The van der Waals surface area contributed by atoms with Gasteiger partial charge in [-0.05, 0) is 34.2 Å². The van der Waals surface area contributed by atoms with E-state index >= 15 is 0 Å². The maximum atomic E-state index is 13.1. The van der Waals surface area contributed by atoms with Gasteiger partial charge in [-0.2, -0.15) is 0 Å². The Labute approximate surface area is 148 Å². The summed E-state index contributed by atoms with van der Waals surface area (Å²) in [6.07, 6.45) is 1.90. The lowest BCUT2D eigenvalue weighted by molar-refractivity contribution is -0.139. The maximum Gasteiger partial charge on any atom is 0.305 e. The quantitative estimate of drug-likeness (QED) is 0.600. The third-order valence-corrected chi connectivity index (χ3v) is 3.49. The highest BCUT2D eigenvalue weighted by atomic mass is 19.1. The lowest BCUT2D eigenvalue weighted by atomic mass is 10.1. The number of aliphatic hydroxyl groups excluding tert-OH is 2. The van der Waals surface area contributed by atoms with Gasteiger partial charge in [0.05, 0.1) is 18.6 Å². The van der Waals surface area contributed by atoms with E-state index in [1.165, 1.54) is 22.9 Å². The number of hydrogen-bond acceptors (Lipinski definition) is 6. The van der Waals surface area contributed by atoms with Gasteiger partial charge in [0.1, 0.15) is 5.82 Å². The van der Waals surface area contributed by atoms with Crippen LogP contribution in [0.1, 0.15) is 24.2 Å². The largest absolute Gasteiger partial charge is 0.481 e. The molecule has 0 aliphatic carbocycles. The minimum absolute atomic E-state index is 0.121. The first kappa shape index (κ1) is 19.4. The van der Waals surface area contributed by atoms with E-state index in [-0.39, 0.29) is 12.2 Å². The fourth-order valence-electron chi connectivity index (χ4n) is 2.26. The molecule has 2 unspecified atom stereocenters. The lowest BCUT2D eigenvalue weighted by Crippen LogP contribution is -2.19. The molecule has 9 heteroatoms. The molecule has 138 valence electrons. The minimum Gasteiger partial charge on any atom is -0.481 e.